The van der Waals surface area contributed by atoms with Crippen LogP contribution in [0.3, 0.4) is 0 Å². The Morgan fingerprint density at radius 3 is 2.61 bits per heavy atom. The summed E-state index contributed by atoms with van der Waals surface area (Å²) in [4.78, 5) is 23.1. The van der Waals surface area contributed by atoms with E-state index < -0.39 is 16.9 Å². The van der Waals surface area contributed by atoms with Gasteiger partial charge in [0.1, 0.15) is 0 Å². The van der Waals surface area contributed by atoms with Crippen molar-refractivity contribution in [3.05, 3.63) is 29.8 Å². The van der Waals surface area contributed by atoms with Crippen LogP contribution in [-0.2, 0) is 15.5 Å². The van der Waals surface area contributed by atoms with Crippen molar-refractivity contribution in [3.8, 4) is 0 Å². The minimum absolute atomic E-state index is 0.0679. The molecular weight excluding hydrogens is 254 g/mol. The van der Waals surface area contributed by atoms with Crippen LogP contribution in [0.1, 0.15) is 17.3 Å². The summed E-state index contributed by atoms with van der Waals surface area (Å²) in [5.41, 5.74) is 0.701. The normalized spacial score (nSPS) is 11.7. The maximum absolute atomic E-state index is 11.8. The minimum Gasteiger partial charge on any atom is -0.450 e. The van der Waals surface area contributed by atoms with E-state index in [2.05, 4.69) is 5.32 Å². The van der Waals surface area contributed by atoms with Crippen LogP contribution >= 0.6 is 0 Å². The molecule has 6 heteroatoms. The lowest BCUT2D eigenvalue weighted by Crippen LogP contribution is -2.17. The van der Waals surface area contributed by atoms with E-state index in [9.17, 15) is 13.8 Å². The number of rotatable bonds is 5. The van der Waals surface area contributed by atoms with Crippen molar-refractivity contribution in [3.63, 3.8) is 0 Å². The largest absolute Gasteiger partial charge is 0.450 e. The van der Waals surface area contributed by atoms with E-state index in [0.717, 1.165) is 0 Å². The quantitative estimate of drug-likeness (QED) is 0.827. The second-order valence-electron chi connectivity index (χ2n) is 3.53. The summed E-state index contributed by atoms with van der Waals surface area (Å²) in [6, 6.07) is 6.56. The number of hydrogen-bond acceptors (Lipinski definition) is 4. The van der Waals surface area contributed by atoms with Crippen molar-refractivity contribution in [1.82, 2.24) is 0 Å². The van der Waals surface area contributed by atoms with Crippen molar-refractivity contribution < 1.29 is 18.5 Å². The van der Waals surface area contributed by atoms with Gasteiger partial charge in [-0.3, -0.25) is 14.3 Å². The molecule has 1 aromatic carbocycles. The van der Waals surface area contributed by atoms with Crippen LogP contribution in [0.15, 0.2) is 24.3 Å². The number of para-hydroxylation sites is 1. The van der Waals surface area contributed by atoms with Crippen LogP contribution in [0.25, 0.3) is 0 Å². The van der Waals surface area contributed by atoms with Gasteiger partial charge in [-0.05, 0) is 19.1 Å². The molecule has 1 aromatic rings. The molecular formula is C12H15NO4S. The standard InChI is InChI=1S/C12H15NO4S/c1-3-17-12(15)13-10-7-5-4-6-9(10)11(14)8-18(2)16/h4-7H,3,8H2,1-2H3,(H,13,15). The average Bonchev–Trinajstić information content (AvgIpc) is 2.28. The molecule has 0 aliphatic carbocycles. The minimum atomic E-state index is -1.21. The fourth-order valence-corrected chi connectivity index (χ4v) is 1.90. The molecule has 0 saturated carbocycles. The Hall–Kier alpha value is -1.69. The molecule has 0 saturated heterocycles. The molecule has 98 valence electrons. The first kappa shape index (κ1) is 14.4. The fraction of sp³-hybridized carbons (Fsp3) is 0.333. The van der Waals surface area contributed by atoms with Crippen LogP contribution in [0.2, 0.25) is 0 Å². The summed E-state index contributed by atoms with van der Waals surface area (Å²) < 4.78 is 15.8. The number of ether oxygens (including phenoxy) is 1. The SMILES string of the molecule is CCOC(=O)Nc1ccccc1C(=O)CS(C)=O. The van der Waals surface area contributed by atoms with E-state index in [4.69, 9.17) is 4.74 Å². The van der Waals surface area contributed by atoms with Gasteiger partial charge in [0.25, 0.3) is 0 Å². The monoisotopic (exact) mass is 269 g/mol. The molecule has 0 radical (unpaired) electrons. The molecule has 0 aromatic heterocycles. The summed E-state index contributed by atoms with van der Waals surface area (Å²) in [5, 5.41) is 2.48. The Morgan fingerprint density at radius 2 is 2.00 bits per heavy atom. The third-order valence-electron chi connectivity index (χ3n) is 2.07. The Kier molecular flexibility index (Phi) is 5.51. The molecule has 0 heterocycles. The topological polar surface area (TPSA) is 72.5 Å². The molecule has 0 spiro atoms. The lowest BCUT2D eigenvalue weighted by atomic mass is 10.1. The van der Waals surface area contributed by atoms with Crippen LogP contribution in [-0.4, -0.2) is 34.7 Å². The molecule has 18 heavy (non-hydrogen) atoms. The smallest absolute Gasteiger partial charge is 0.411 e. The highest BCUT2D eigenvalue weighted by Crippen LogP contribution is 2.16. The van der Waals surface area contributed by atoms with E-state index in [0.29, 0.717) is 11.3 Å². The highest BCUT2D eigenvalue weighted by molar-refractivity contribution is 7.85. The Morgan fingerprint density at radius 1 is 1.33 bits per heavy atom. The zero-order chi connectivity index (χ0) is 13.5. The molecule has 5 nitrogen and oxygen atoms in total. The zero-order valence-electron chi connectivity index (χ0n) is 10.3. The summed E-state index contributed by atoms with van der Waals surface area (Å²) >= 11 is 0. The Balaban J connectivity index is 2.88. The summed E-state index contributed by atoms with van der Waals surface area (Å²) in [5.74, 6) is -0.343. The Labute approximate surface area is 108 Å². The maximum Gasteiger partial charge on any atom is 0.411 e. The fourth-order valence-electron chi connectivity index (χ4n) is 1.37. The van der Waals surface area contributed by atoms with Gasteiger partial charge in [0.2, 0.25) is 0 Å². The summed E-state index contributed by atoms with van der Waals surface area (Å²) in [6.45, 7) is 1.94. The number of amides is 1. The molecule has 0 bridgehead atoms. The number of Topliss-reactive ketones (excluding diaryl/α,β-unsaturated/α-hetero) is 1. The lowest BCUT2D eigenvalue weighted by molar-refractivity contribution is 0.102. The Bertz CT molecular complexity index is 473. The number of ketones is 1. The number of hydrogen-bond donors (Lipinski definition) is 1. The van der Waals surface area contributed by atoms with E-state index in [1.54, 1.807) is 31.2 Å². The van der Waals surface area contributed by atoms with Gasteiger partial charge >= 0.3 is 6.09 Å². The predicted octanol–water partition coefficient (Wildman–Crippen LogP) is 1.82. The van der Waals surface area contributed by atoms with Gasteiger partial charge in [-0.15, -0.1) is 0 Å². The van der Waals surface area contributed by atoms with E-state index in [1.165, 1.54) is 6.26 Å². The van der Waals surface area contributed by atoms with E-state index in [1.807, 2.05) is 0 Å². The molecule has 1 atom stereocenters. The zero-order valence-corrected chi connectivity index (χ0v) is 11.1. The van der Waals surface area contributed by atoms with Crippen molar-refractivity contribution in [2.24, 2.45) is 0 Å². The average molecular weight is 269 g/mol. The van der Waals surface area contributed by atoms with Gasteiger partial charge in [-0.2, -0.15) is 0 Å². The molecule has 0 aliphatic rings. The first-order valence-electron chi connectivity index (χ1n) is 5.40. The number of carbonyl (C=O) groups is 2. The molecule has 1 rings (SSSR count). The van der Waals surface area contributed by atoms with Crippen LogP contribution in [0.5, 0.6) is 0 Å². The summed E-state index contributed by atoms with van der Waals surface area (Å²) in [7, 11) is -1.21. The van der Waals surface area contributed by atoms with Gasteiger partial charge in [-0.1, -0.05) is 12.1 Å². The van der Waals surface area contributed by atoms with Gasteiger partial charge in [0.05, 0.1) is 18.0 Å². The van der Waals surface area contributed by atoms with Gasteiger partial charge in [0.15, 0.2) is 5.78 Å². The van der Waals surface area contributed by atoms with Gasteiger partial charge in [-0.25, -0.2) is 4.79 Å². The molecule has 1 unspecified atom stereocenters. The summed E-state index contributed by atoms with van der Waals surface area (Å²) in [6.07, 6.45) is 0.842. The first-order valence-corrected chi connectivity index (χ1v) is 7.13. The second kappa shape index (κ2) is 6.90. The van der Waals surface area contributed by atoms with Crippen molar-refractivity contribution in [1.29, 1.82) is 0 Å². The molecule has 0 fully saturated rings. The van der Waals surface area contributed by atoms with Crippen molar-refractivity contribution >= 4 is 28.4 Å². The number of nitrogens with one attached hydrogen (secondary N) is 1. The number of carbonyl (C=O) groups excluding carboxylic acids is 2. The molecule has 1 N–H and O–H groups in total. The van der Waals surface area contributed by atoms with Crippen LogP contribution in [0.4, 0.5) is 10.5 Å². The molecule has 1 amide bonds. The number of benzene rings is 1. The third kappa shape index (κ3) is 4.29. The van der Waals surface area contributed by atoms with E-state index >= 15 is 0 Å². The lowest BCUT2D eigenvalue weighted by Gasteiger charge is -2.09. The molecule has 0 aliphatic heterocycles. The highest BCUT2D eigenvalue weighted by Gasteiger charge is 2.14. The van der Waals surface area contributed by atoms with Crippen LogP contribution in [0, 0.1) is 0 Å². The maximum atomic E-state index is 11.8. The number of anilines is 1. The highest BCUT2D eigenvalue weighted by atomic mass is 32.2. The van der Waals surface area contributed by atoms with Gasteiger partial charge < -0.3 is 4.74 Å². The van der Waals surface area contributed by atoms with E-state index in [-0.39, 0.29) is 18.1 Å². The predicted molar refractivity (Wildman–Crippen MR) is 70.4 cm³/mol. The first-order chi connectivity index (χ1) is 8.54. The van der Waals surface area contributed by atoms with Gasteiger partial charge in [0, 0.05) is 22.6 Å². The van der Waals surface area contributed by atoms with Crippen molar-refractivity contribution in [2.45, 2.75) is 6.92 Å². The van der Waals surface area contributed by atoms with Crippen molar-refractivity contribution in [2.75, 3.05) is 23.9 Å². The third-order valence-corrected chi connectivity index (χ3v) is 2.74. The second-order valence-corrected chi connectivity index (χ2v) is 4.97. The van der Waals surface area contributed by atoms with Crippen LogP contribution < -0.4 is 5.32 Å².